The van der Waals surface area contributed by atoms with Crippen LogP contribution in [0.1, 0.15) is 33.1 Å². The van der Waals surface area contributed by atoms with Crippen molar-refractivity contribution in [3.63, 3.8) is 0 Å². The second-order valence-electron chi connectivity index (χ2n) is 4.35. The van der Waals surface area contributed by atoms with Gasteiger partial charge < -0.3 is 4.74 Å². The SMILES string of the molecule is C[C@@H]1CC[C@@H]2OC(=O)[C@H](C)[C@@H]2C1. The molecule has 0 aromatic rings. The molecule has 0 amide bonds. The number of fused-ring (bicyclic) bond motifs is 1. The van der Waals surface area contributed by atoms with Crippen LogP contribution in [-0.2, 0) is 9.53 Å². The number of carbonyl (C=O) groups excluding carboxylic acids is 1. The summed E-state index contributed by atoms with van der Waals surface area (Å²) >= 11 is 0. The van der Waals surface area contributed by atoms with Gasteiger partial charge >= 0.3 is 5.97 Å². The Bertz CT molecular complexity index is 200. The maximum atomic E-state index is 11.2. The van der Waals surface area contributed by atoms with E-state index in [4.69, 9.17) is 4.74 Å². The summed E-state index contributed by atoms with van der Waals surface area (Å²) in [7, 11) is 0. The van der Waals surface area contributed by atoms with Gasteiger partial charge in [0.15, 0.2) is 0 Å². The van der Waals surface area contributed by atoms with Gasteiger partial charge in [0, 0.05) is 5.92 Å². The first-order chi connectivity index (χ1) is 5.68. The molecule has 4 atom stereocenters. The quantitative estimate of drug-likeness (QED) is 0.517. The third kappa shape index (κ3) is 1.13. The lowest BCUT2D eigenvalue weighted by Crippen LogP contribution is -2.27. The number of esters is 1. The molecule has 1 heterocycles. The highest BCUT2D eigenvalue weighted by Gasteiger charge is 2.44. The average Bonchev–Trinajstić information content (AvgIpc) is 2.31. The monoisotopic (exact) mass is 168 g/mol. The molecular weight excluding hydrogens is 152 g/mol. The van der Waals surface area contributed by atoms with E-state index < -0.39 is 0 Å². The van der Waals surface area contributed by atoms with Crippen LogP contribution >= 0.6 is 0 Å². The molecule has 1 aliphatic carbocycles. The minimum atomic E-state index is 0.0269. The Morgan fingerprint density at radius 1 is 1.33 bits per heavy atom. The molecule has 2 rings (SSSR count). The van der Waals surface area contributed by atoms with E-state index in [1.807, 2.05) is 6.92 Å². The van der Waals surface area contributed by atoms with Crippen molar-refractivity contribution in [3.05, 3.63) is 0 Å². The van der Waals surface area contributed by atoms with Gasteiger partial charge in [-0.25, -0.2) is 0 Å². The molecule has 1 aliphatic heterocycles. The van der Waals surface area contributed by atoms with Gasteiger partial charge in [-0.3, -0.25) is 4.79 Å². The molecule has 0 bridgehead atoms. The maximum absolute atomic E-state index is 11.2. The first-order valence-corrected chi connectivity index (χ1v) is 4.89. The first kappa shape index (κ1) is 8.09. The molecule has 68 valence electrons. The Kier molecular flexibility index (Phi) is 1.85. The van der Waals surface area contributed by atoms with E-state index in [9.17, 15) is 4.79 Å². The van der Waals surface area contributed by atoms with Crippen LogP contribution < -0.4 is 0 Å². The van der Waals surface area contributed by atoms with Gasteiger partial charge in [0.1, 0.15) is 6.10 Å². The van der Waals surface area contributed by atoms with E-state index >= 15 is 0 Å². The average molecular weight is 168 g/mol. The smallest absolute Gasteiger partial charge is 0.309 e. The molecule has 0 unspecified atom stereocenters. The highest BCUT2D eigenvalue weighted by atomic mass is 16.6. The van der Waals surface area contributed by atoms with E-state index in [2.05, 4.69) is 6.92 Å². The number of carbonyl (C=O) groups is 1. The van der Waals surface area contributed by atoms with Crippen LogP contribution in [-0.4, -0.2) is 12.1 Å². The Morgan fingerprint density at radius 2 is 2.08 bits per heavy atom. The van der Waals surface area contributed by atoms with E-state index in [0.717, 1.165) is 12.3 Å². The zero-order chi connectivity index (χ0) is 8.72. The summed E-state index contributed by atoms with van der Waals surface area (Å²) in [6, 6.07) is 0. The Morgan fingerprint density at radius 3 is 2.83 bits per heavy atom. The molecule has 0 radical (unpaired) electrons. The molecule has 2 heteroatoms. The summed E-state index contributed by atoms with van der Waals surface area (Å²) < 4.78 is 5.29. The van der Waals surface area contributed by atoms with Gasteiger partial charge in [-0.15, -0.1) is 0 Å². The fourth-order valence-corrected chi connectivity index (χ4v) is 2.50. The Balaban J connectivity index is 2.10. The van der Waals surface area contributed by atoms with Gasteiger partial charge in [0.2, 0.25) is 0 Å². The van der Waals surface area contributed by atoms with Crippen molar-refractivity contribution >= 4 is 5.97 Å². The molecule has 2 aliphatic rings. The minimum absolute atomic E-state index is 0.0269. The molecule has 1 saturated carbocycles. The second kappa shape index (κ2) is 2.75. The highest BCUT2D eigenvalue weighted by molar-refractivity contribution is 5.74. The molecule has 0 spiro atoms. The summed E-state index contributed by atoms with van der Waals surface area (Å²) in [5, 5.41) is 0. The van der Waals surface area contributed by atoms with Gasteiger partial charge in [-0.05, 0) is 25.2 Å². The van der Waals surface area contributed by atoms with E-state index in [-0.39, 0.29) is 18.0 Å². The molecule has 0 N–H and O–H groups in total. The summed E-state index contributed by atoms with van der Waals surface area (Å²) in [6.45, 7) is 4.27. The third-order valence-electron chi connectivity index (χ3n) is 3.38. The van der Waals surface area contributed by atoms with Crippen molar-refractivity contribution in [2.45, 2.75) is 39.2 Å². The molecule has 1 saturated heterocycles. The van der Waals surface area contributed by atoms with E-state index in [1.54, 1.807) is 0 Å². The number of rotatable bonds is 0. The van der Waals surface area contributed by atoms with E-state index in [0.29, 0.717) is 5.92 Å². The lowest BCUT2D eigenvalue weighted by molar-refractivity contribution is -0.144. The van der Waals surface area contributed by atoms with Crippen molar-refractivity contribution in [1.82, 2.24) is 0 Å². The predicted molar refractivity (Wildman–Crippen MR) is 45.5 cm³/mol. The summed E-state index contributed by atoms with van der Waals surface area (Å²) in [6.07, 6.45) is 3.74. The molecular formula is C10H16O2. The Hall–Kier alpha value is -0.530. The van der Waals surface area contributed by atoms with Crippen LogP contribution in [0.2, 0.25) is 0 Å². The summed E-state index contributed by atoms with van der Waals surface area (Å²) in [5.41, 5.74) is 0. The van der Waals surface area contributed by atoms with Gasteiger partial charge in [0.05, 0.1) is 5.92 Å². The third-order valence-corrected chi connectivity index (χ3v) is 3.38. The highest BCUT2D eigenvalue weighted by Crippen LogP contribution is 2.40. The van der Waals surface area contributed by atoms with Gasteiger partial charge in [0.25, 0.3) is 0 Å². The van der Waals surface area contributed by atoms with Crippen molar-refractivity contribution < 1.29 is 9.53 Å². The van der Waals surface area contributed by atoms with Crippen molar-refractivity contribution in [2.24, 2.45) is 17.8 Å². The lowest BCUT2D eigenvalue weighted by Gasteiger charge is -2.28. The molecule has 0 aromatic carbocycles. The molecule has 12 heavy (non-hydrogen) atoms. The van der Waals surface area contributed by atoms with Crippen LogP contribution in [0.25, 0.3) is 0 Å². The minimum Gasteiger partial charge on any atom is -0.462 e. The van der Waals surface area contributed by atoms with Crippen LogP contribution in [0.15, 0.2) is 0 Å². The standard InChI is InChI=1S/C10H16O2/c1-6-3-4-9-8(5-6)7(2)10(11)12-9/h6-9H,3-5H2,1-2H3/t6-,7-,8+,9+/m1/s1. The van der Waals surface area contributed by atoms with Crippen molar-refractivity contribution in [3.8, 4) is 0 Å². The summed E-state index contributed by atoms with van der Waals surface area (Å²) in [4.78, 5) is 11.2. The van der Waals surface area contributed by atoms with Crippen LogP contribution in [0, 0.1) is 17.8 Å². The maximum Gasteiger partial charge on any atom is 0.309 e. The normalized spacial score (nSPS) is 47.0. The zero-order valence-corrected chi connectivity index (χ0v) is 7.75. The fraction of sp³-hybridized carbons (Fsp3) is 0.900. The van der Waals surface area contributed by atoms with Crippen LogP contribution in [0.4, 0.5) is 0 Å². The zero-order valence-electron chi connectivity index (χ0n) is 7.75. The van der Waals surface area contributed by atoms with Gasteiger partial charge in [-0.2, -0.15) is 0 Å². The number of hydrogen-bond acceptors (Lipinski definition) is 2. The van der Waals surface area contributed by atoms with Crippen molar-refractivity contribution in [1.29, 1.82) is 0 Å². The second-order valence-corrected chi connectivity index (χ2v) is 4.35. The van der Waals surface area contributed by atoms with Gasteiger partial charge in [-0.1, -0.05) is 13.8 Å². The fourth-order valence-electron chi connectivity index (χ4n) is 2.50. The first-order valence-electron chi connectivity index (χ1n) is 4.89. The topological polar surface area (TPSA) is 26.3 Å². The lowest BCUT2D eigenvalue weighted by atomic mass is 9.76. The number of ether oxygens (including phenoxy) is 1. The van der Waals surface area contributed by atoms with E-state index in [1.165, 1.54) is 12.8 Å². The molecule has 2 fully saturated rings. The predicted octanol–water partition coefficient (Wildman–Crippen LogP) is 1.98. The van der Waals surface area contributed by atoms with Crippen LogP contribution in [0.3, 0.4) is 0 Å². The van der Waals surface area contributed by atoms with Crippen molar-refractivity contribution in [2.75, 3.05) is 0 Å². The molecule has 0 aromatic heterocycles. The Labute approximate surface area is 73.3 Å². The molecule has 2 nitrogen and oxygen atoms in total. The summed E-state index contributed by atoms with van der Waals surface area (Å²) in [5.74, 6) is 1.47. The van der Waals surface area contributed by atoms with Crippen LogP contribution in [0.5, 0.6) is 0 Å². The number of hydrogen-bond donors (Lipinski definition) is 0. The largest absolute Gasteiger partial charge is 0.462 e.